The van der Waals surface area contributed by atoms with Crippen LogP contribution < -0.4 is 5.32 Å². The lowest BCUT2D eigenvalue weighted by atomic mass is 10.3. The van der Waals surface area contributed by atoms with Crippen molar-refractivity contribution in [1.29, 1.82) is 0 Å². The number of nitrogens with zero attached hydrogens (tertiary/aromatic N) is 2. The molecule has 0 unspecified atom stereocenters. The molecule has 0 radical (unpaired) electrons. The van der Waals surface area contributed by atoms with E-state index < -0.39 is 0 Å². The summed E-state index contributed by atoms with van der Waals surface area (Å²) in [5, 5.41) is 7.86. The predicted molar refractivity (Wildman–Crippen MR) is 81.8 cm³/mol. The molecule has 0 saturated heterocycles. The molecule has 0 spiro atoms. The molecular weight excluding hydrogens is 358 g/mol. The Kier molecular flexibility index (Phi) is 4.45. The smallest absolute Gasteiger partial charge is 0.0632 e. The van der Waals surface area contributed by atoms with Crippen molar-refractivity contribution in [2.45, 2.75) is 19.9 Å². The molecule has 0 aliphatic carbocycles. The van der Waals surface area contributed by atoms with Crippen LogP contribution in [0.25, 0.3) is 0 Å². The van der Waals surface area contributed by atoms with Crippen LogP contribution in [-0.2, 0) is 20.0 Å². The molecule has 0 saturated carbocycles. The first kappa shape index (κ1) is 13.6. The molecule has 0 amide bonds. The van der Waals surface area contributed by atoms with Gasteiger partial charge in [-0.2, -0.15) is 5.10 Å². The minimum absolute atomic E-state index is 0.755. The average molecular weight is 373 g/mol. The third kappa shape index (κ3) is 2.95. The van der Waals surface area contributed by atoms with Gasteiger partial charge < -0.3 is 5.32 Å². The monoisotopic (exact) mass is 371 g/mol. The third-order valence-electron chi connectivity index (χ3n) is 2.80. The first-order valence-corrected chi connectivity index (χ1v) is 7.40. The summed E-state index contributed by atoms with van der Waals surface area (Å²) in [6.45, 7) is 2.87. The molecule has 0 aliphatic rings. The summed E-state index contributed by atoms with van der Waals surface area (Å²) >= 11 is 7.09. The Morgan fingerprint density at radius 3 is 2.50 bits per heavy atom. The number of para-hydroxylation sites is 1. The minimum atomic E-state index is 0.755. The van der Waals surface area contributed by atoms with Crippen molar-refractivity contribution in [3.05, 3.63) is 44.6 Å². The Morgan fingerprint density at radius 1 is 1.28 bits per heavy atom. The molecule has 96 valence electrons. The predicted octanol–water partition coefficient (Wildman–Crippen LogP) is 4.12. The summed E-state index contributed by atoms with van der Waals surface area (Å²) in [6, 6.07) is 8.18. The van der Waals surface area contributed by atoms with Crippen LogP contribution in [0, 0.1) is 0 Å². The number of aryl methyl sites for hydroxylation is 2. The van der Waals surface area contributed by atoms with Crippen LogP contribution in [0.1, 0.15) is 18.3 Å². The van der Waals surface area contributed by atoms with Gasteiger partial charge in [-0.05, 0) is 56.5 Å². The van der Waals surface area contributed by atoms with Crippen molar-refractivity contribution in [3.63, 3.8) is 0 Å². The highest BCUT2D eigenvalue weighted by Gasteiger charge is 2.07. The largest absolute Gasteiger partial charge is 0.378 e. The maximum Gasteiger partial charge on any atom is 0.0632 e. The lowest BCUT2D eigenvalue weighted by Gasteiger charge is -2.10. The molecule has 5 heteroatoms. The number of hydrogen-bond acceptors (Lipinski definition) is 2. The maximum absolute atomic E-state index is 4.44. The van der Waals surface area contributed by atoms with Gasteiger partial charge in [0.15, 0.2) is 0 Å². The lowest BCUT2D eigenvalue weighted by molar-refractivity contribution is 0.707. The molecule has 1 aromatic carbocycles. The van der Waals surface area contributed by atoms with E-state index in [1.54, 1.807) is 0 Å². The zero-order valence-electron chi connectivity index (χ0n) is 10.4. The SMILES string of the molecule is CCc1cc(CNc2c(Br)cccc2Br)n(C)n1. The first-order chi connectivity index (χ1) is 8.61. The van der Waals surface area contributed by atoms with Gasteiger partial charge in [0.25, 0.3) is 0 Å². The van der Waals surface area contributed by atoms with Gasteiger partial charge in [-0.3, -0.25) is 4.68 Å². The van der Waals surface area contributed by atoms with Crippen LogP contribution in [0.15, 0.2) is 33.2 Å². The van der Waals surface area contributed by atoms with Gasteiger partial charge >= 0.3 is 0 Å². The fraction of sp³-hybridized carbons (Fsp3) is 0.308. The Labute approximate surface area is 124 Å². The highest BCUT2D eigenvalue weighted by atomic mass is 79.9. The van der Waals surface area contributed by atoms with E-state index in [9.17, 15) is 0 Å². The minimum Gasteiger partial charge on any atom is -0.378 e. The Hall–Kier alpha value is -0.810. The van der Waals surface area contributed by atoms with Crippen LogP contribution >= 0.6 is 31.9 Å². The topological polar surface area (TPSA) is 29.9 Å². The van der Waals surface area contributed by atoms with Gasteiger partial charge in [-0.15, -0.1) is 0 Å². The quantitative estimate of drug-likeness (QED) is 0.874. The van der Waals surface area contributed by atoms with Gasteiger partial charge in [-0.1, -0.05) is 13.0 Å². The molecule has 3 nitrogen and oxygen atoms in total. The molecular formula is C13H15Br2N3. The third-order valence-corrected chi connectivity index (χ3v) is 4.12. The van der Waals surface area contributed by atoms with Gasteiger partial charge in [0.2, 0.25) is 0 Å². The normalized spacial score (nSPS) is 10.7. The molecule has 1 aromatic heterocycles. The Morgan fingerprint density at radius 2 is 1.94 bits per heavy atom. The van der Waals surface area contributed by atoms with E-state index in [1.165, 1.54) is 5.69 Å². The van der Waals surface area contributed by atoms with E-state index in [0.717, 1.165) is 33.3 Å². The van der Waals surface area contributed by atoms with Crippen LogP contribution in [0.2, 0.25) is 0 Å². The summed E-state index contributed by atoms with van der Waals surface area (Å²) in [6.07, 6.45) is 0.965. The van der Waals surface area contributed by atoms with E-state index >= 15 is 0 Å². The number of halogens is 2. The fourth-order valence-corrected chi connectivity index (χ4v) is 3.03. The zero-order valence-corrected chi connectivity index (χ0v) is 13.5. The van der Waals surface area contributed by atoms with Crippen molar-refractivity contribution in [3.8, 4) is 0 Å². The van der Waals surface area contributed by atoms with Gasteiger partial charge in [0.05, 0.1) is 23.6 Å². The number of hydrogen-bond donors (Lipinski definition) is 1. The molecule has 0 aliphatic heterocycles. The van der Waals surface area contributed by atoms with E-state index in [-0.39, 0.29) is 0 Å². The molecule has 18 heavy (non-hydrogen) atoms. The molecule has 0 atom stereocenters. The summed E-state index contributed by atoms with van der Waals surface area (Å²) in [5.41, 5.74) is 3.37. The number of nitrogens with one attached hydrogen (secondary N) is 1. The van der Waals surface area contributed by atoms with E-state index in [1.807, 2.05) is 29.9 Å². The van der Waals surface area contributed by atoms with Crippen molar-refractivity contribution >= 4 is 37.5 Å². The highest BCUT2D eigenvalue weighted by molar-refractivity contribution is 9.11. The highest BCUT2D eigenvalue weighted by Crippen LogP contribution is 2.30. The van der Waals surface area contributed by atoms with Crippen LogP contribution in [0.5, 0.6) is 0 Å². The van der Waals surface area contributed by atoms with Crippen molar-refractivity contribution in [2.24, 2.45) is 7.05 Å². The number of anilines is 1. The molecule has 0 fully saturated rings. The molecule has 0 bridgehead atoms. The van der Waals surface area contributed by atoms with E-state index in [0.29, 0.717) is 0 Å². The second-order valence-electron chi connectivity index (χ2n) is 4.05. The standard InChI is InChI=1S/C13H15Br2N3/c1-3-9-7-10(18(2)17-9)8-16-13-11(14)5-4-6-12(13)15/h4-7,16H,3,8H2,1-2H3. The van der Waals surface area contributed by atoms with Crippen molar-refractivity contribution in [2.75, 3.05) is 5.32 Å². The summed E-state index contributed by atoms with van der Waals surface area (Å²) in [7, 11) is 1.98. The second kappa shape index (κ2) is 5.89. The zero-order chi connectivity index (χ0) is 13.1. The number of benzene rings is 1. The van der Waals surface area contributed by atoms with E-state index in [4.69, 9.17) is 0 Å². The van der Waals surface area contributed by atoms with Gasteiger partial charge in [0, 0.05) is 16.0 Å². The first-order valence-electron chi connectivity index (χ1n) is 5.81. The van der Waals surface area contributed by atoms with Crippen LogP contribution in [0.4, 0.5) is 5.69 Å². The summed E-state index contributed by atoms with van der Waals surface area (Å²) in [5.74, 6) is 0. The van der Waals surface area contributed by atoms with Crippen molar-refractivity contribution in [1.82, 2.24) is 9.78 Å². The van der Waals surface area contributed by atoms with Gasteiger partial charge in [-0.25, -0.2) is 0 Å². The molecule has 2 rings (SSSR count). The number of aromatic nitrogens is 2. The van der Waals surface area contributed by atoms with Gasteiger partial charge in [0.1, 0.15) is 0 Å². The summed E-state index contributed by atoms with van der Waals surface area (Å²) in [4.78, 5) is 0. The Balaban J connectivity index is 2.14. The van der Waals surface area contributed by atoms with Crippen LogP contribution in [0.3, 0.4) is 0 Å². The van der Waals surface area contributed by atoms with Crippen molar-refractivity contribution < 1.29 is 0 Å². The molecule has 1 heterocycles. The molecule has 2 aromatic rings. The summed E-state index contributed by atoms with van der Waals surface area (Å²) < 4.78 is 4.03. The Bertz CT molecular complexity index is 529. The van der Waals surface area contributed by atoms with Crippen LogP contribution in [-0.4, -0.2) is 9.78 Å². The lowest BCUT2D eigenvalue weighted by Crippen LogP contribution is -2.06. The second-order valence-corrected chi connectivity index (χ2v) is 5.76. The van der Waals surface area contributed by atoms with E-state index in [2.05, 4.69) is 55.3 Å². The number of rotatable bonds is 4. The maximum atomic E-state index is 4.44. The average Bonchev–Trinajstić information content (AvgIpc) is 2.70. The fourth-order valence-electron chi connectivity index (χ4n) is 1.76. The molecule has 1 N–H and O–H groups in total.